The molecule has 2 aromatic carbocycles. The molecule has 0 N–H and O–H groups in total. The molecule has 200 valence electrons. The Hall–Kier alpha value is -3.19. The van der Waals surface area contributed by atoms with E-state index in [1.165, 1.54) is 38.5 Å². The molecular formula is C23H24F6O7. The highest BCUT2D eigenvalue weighted by Gasteiger charge is 2.47. The molecule has 0 radical (unpaired) electrons. The van der Waals surface area contributed by atoms with Crippen LogP contribution in [-0.2, 0) is 32.2 Å². The standard InChI is InChI=1S/C23H24F6O7/c1-31-17-7-3-15(4-8-17)11-33-13-19(22(24,25)26)35-21(30)36-20(23(27,28)29)14-34-12-16-5-9-18(32-2)10-6-16/h3-10,19-20H,11-14H2,1-2H3/t19-,20-/m1/s1. The highest BCUT2D eigenvalue weighted by Crippen LogP contribution is 2.27. The molecule has 0 saturated carbocycles. The van der Waals surface area contributed by atoms with Gasteiger partial charge in [-0.3, -0.25) is 0 Å². The van der Waals surface area contributed by atoms with Gasteiger partial charge in [-0.2, -0.15) is 26.3 Å². The molecule has 0 spiro atoms. The molecule has 0 fully saturated rings. The van der Waals surface area contributed by atoms with Crippen LogP contribution in [0.15, 0.2) is 48.5 Å². The van der Waals surface area contributed by atoms with Gasteiger partial charge in [-0.25, -0.2) is 4.79 Å². The average molecular weight is 526 g/mol. The number of carbonyl (C=O) groups is 1. The third kappa shape index (κ3) is 9.82. The second-order valence-corrected chi connectivity index (χ2v) is 7.27. The Balaban J connectivity index is 1.89. The SMILES string of the molecule is COc1ccc(COC[C@@H](OC(=O)O[C@H](COCc2ccc(OC)cc2)C(F)(F)F)C(F)(F)F)cc1. The molecule has 0 aliphatic carbocycles. The molecule has 2 atom stereocenters. The summed E-state index contributed by atoms with van der Waals surface area (Å²) in [5.74, 6) is 1.04. The van der Waals surface area contributed by atoms with E-state index in [0.29, 0.717) is 22.6 Å². The van der Waals surface area contributed by atoms with Crippen LogP contribution in [0.4, 0.5) is 31.1 Å². The van der Waals surface area contributed by atoms with Crippen LogP contribution in [0.3, 0.4) is 0 Å². The maximum absolute atomic E-state index is 13.2. The van der Waals surface area contributed by atoms with Gasteiger partial charge in [-0.05, 0) is 35.4 Å². The van der Waals surface area contributed by atoms with Crippen molar-refractivity contribution in [2.45, 2.75) is 37.8 Å². The number of alkyl halides is 6. The Bertz CT molecular complexity index is 854. The van der Waals surface area contributed by atoms with E-state index in [1.54, 1.807) is 24.3 Å². The highest BCUT2D eigenvalue weighted by atomic mass is 19.4. The summed E-state index contributed by atoms with van der Waals surface area (Å²) >= 11 is 0. The van der Waals surface area contributed by atoms with Gasteiger partial charge >= 0.3 is 18.5 Å². The molecule has 2 aromatic rings. The average Bonchev–Trinajstić information content (AvgIpc) is 2.82. The van der Waals surface area contributed by atoms with Crippen LogP contribution in [-0.4, -0.2) is 58.1 Å². The number of rotatable bonds is 12. The first kappa shape index (κ1) is 29.0. The van der Waals surface area contributed by atoms with E-state index in [4.69, 9.17) is 18.9 Å². The summed E-state index contributed by atoms with van der Waals surface area (Å²) in [6.45, 7) is -2.87. The first-order valence-electron chi connectivity index (χ1n) is 10.3. The summed E-state index contributed by atoms with van der Waals surface area (Å²) in [4.78, 5) is 11.8. The van der Waals surface area contributed by atoms with Crippen LogP contribution in [0.5, 0.6) is 11.5 Å². The Morgan fingerprint density at radius 2 is 1.00 bits per heavy atom. The van der Waals surface area contributed by atoms with Crippen molar-refractivity contribution >= 4 is 6.16 Å². The van der Waals surface area contributed by atoms with Gasteiger partial charge in [0.05, 0.1) is 40.6 Å². The van der Waals surface area contributed by atoms with Gasteiger partial charge in [0.15, 0.2) is 0 Å². The van der Waals surface area contributed by atoms with E-state index >= 15 is 0 Å². The second-order valence-electron chi connectivity index (χ2n) is 7.27. The Labute approximate surface area is 202 Å². The number of hydrogen-bond donors (Lipinski definition) is 0. The molecule has 0 aliphatic heterocycles. The molecular weight excluding hydrogens is 502 g/mol. The molecule has 36 heavy (non-hydrogen) atoms. The summed E-state index contributed by atoms with van der Waals surface area (Å²) < 4.78 is 107. The monoisotopic (exact) mass is 526 g/mol. The van der Waals surface area contributed by atoms with E-state index in [2.05, 4.69) is 9.47 Å². The van der Waals surface area contributed by atoms with Crippen molar-refractivity contribution in [3.63, 3.8) is 0 Å². The van der Waals surface area contributed by atoms with Crippen molar-refractivity contribution in [2.75, 3.05) is 27.4 Å². The molecule has 7 nitrogen and oxygen atoms in total. The van der Waals surface area contributed by atoms with Crippen molar-refractivity contribution in [2.24, 2.45) is 0 Å². The minimum Gasteiger partial charge on any atom is -0.497 e. The zero-order chi connectivity index (χ0) is 26.8. The van der Waals surface area contributed by atoms with Gasteiger partial charge in [-0.1, -0.05) is 24.3 Å². The first-order valence-corrected chi connectivity index (χ1v) is 10.3. The number of benzene rings is 2. The lowest BCUT2D eigenvalue weighted by atomic mass is 10.2. The van der Waals surface area contributed by atoms with E-state index < -0.39 is 43.9 Å². The van der Waals surface area contributed by atoms with Crippen LogP contribution in [0.25, 0.3) is 0 Å². The molecule has 2 rings (SSSR count). The van der Waals surface area contributed by atoms with Gasteiger partial charge in [0.25, 0.3) is 0 Å². The van der Waals surface area contributed by atoms with Gasteiger partial charge in [-0.15, -0.1) is 0 Å². The minimum absolute atomic E-state index is 0.278. The molecule has 0 saturated heterocycles. The zero-order valence-corrected chi connectivity index (χ0v) is 19.2. The first-order chi connectivity index (χ1) is 16.9. The molecule has 0 aliphatic rings. The van der Waals surface area contributed by atoms with Crippen molar-refractivity contribution in [3.05, 3.63) is 59.7 Å². The summed E-state index contributed by atoms with van der Waals surface area (Å²) in [7, 11) is 2.87. The highest BCUT2D eigenvalue weighted by molar-refractivity contribution is 5.60. The minimum atomic E-state index is -5.11. The van der Waals surface area contributed by atoms with Crippen molar-refractivity contribution in [3.8, 4) is 11.5 Å². The quantitative estimate of drug-likeness (QED) is 0.269. The van der Waals surface area contributed by atoms with Crippen LogP contribution in [0.1, 0.15) is 11.1 Å². The second kappa shape index (κ2) is 13.2. The topological polar surface area (TPSA) is 72.5 Å². The zero-order valence-electron chi connectivity index (χ0n) is 19.2. The Kier molecular flexibility index (Phi) is 10.7. The summed E-state index contributed by atoms with van der Waals surface area (Å²) in [6.07, 6.45) is -18.1. The number of carbonyl (C=O) groups excluding carboxylic acids is 1. The number of methoxy groups -OCH3 is 2. The third-order valence-corrected chi connectivity index (χ3v) is 4.60. The smallest absolute Gasteiger partial charge is 0.497 e. The van der Waals surface area contributed by atoms with Gasteiger partial charge in [0, 0.05) is 0 Å². The third-order valence-electron chi connectivity index (χ3n) is 4.60. The molecule has 0 unspecified atom stereocenters. The van der Waals surface area contributed by atoms with E-state index in [-0.39, 0.29) is 13.2 Å². The maximum Gasteiger partial charge on any atom is 0.509 e. The van der Waals surface area contributed by atoms with E-state index in [9.17, 15) is 31.1 Å². The fourth-order valence-corrected chi connectivity index (χ4v) is 2.66. The molecule has 0 amide bonds. The normalized spacial score (nSPS) is 13.6. The summed E-state index contributed by atoms with van der Waals surface area (Å²) in [6, 6.07) is 12.4. The lowest BCUT2D eigenvalue weighted by molar-refractivity contribution is -0.243. The van der Waals surface area contributed by atoms with Crippen molar-refractivity contribution in [1.29, 1.82) is 0 Å². The maximum atomic E-state index is 13.2. The fraction of sp³-hybridized carbons (Fsp3) is 0.435. The molecule has 13 heteroatoms. The predicted molar refractivity (Wildman–Crippen MR) is 113 cm³/mol. The lowest BCUT2D eigenvalue weighted by Gasteiger charge is -2.24. The van der Waals surface area contributed by atoms with Gasteiger partial charge in [0.1, 0.15) is 11.5 Å². The van der Waals surface area contributed by atoms with E-state index in [0.717, 1.165) is 0 Å². The van der Waals surface area contributed by atoms with Gasteiger partial charge in [0.2, 0.25) is 12.2 Å². The number of hydrogen-bond acceptors (Lipinski definition) is 7. The lowest BCUT2D eigenvalue weighted by Crippen LogP contribution is -2.42. The predicted octanol–water partition coefficient (Wildman–Crippen LogP) is 5.45. The molecule has 0 bridgehead atoms. The van der Waals surface area contributed by atoms with Crippen LogP contribution in [0, 0.1) is 0 Å². The number of halogens is 6. The van der Waals surface area contributed by atoms with Crippen molar-refractivity contribution < 1.29 is 59.6 Å². The number of ether oxygens (including phenoxy) is 6. The molecule has 0 aromatic heterocycles. The summed E-state index contributed by atoms with van der Waals surface area (Å²) in [5, 5.41) is 0. The fourth-order valence-electron chi connectivity index (χ4n) is 2.66. The largest absolute Gasteiger partial charge is 0.509 e. The Morgan fingerprint density at radius 3 is 1.28 bits per heavy atom. The molecule has 0 heterocycles. The Morgan fingerprint density at radius 1 is 0.667 bits per heavy atom. The van der Waals surface area contributed by atoms with Crippen LogP contribution in [0.2, 0.25) is 0 Å². The van der Waals surface area contributed by atoms with E-state index in [1.807, 2.05) is 0 Å². The van der Waals surface area contributed by atoms with Gasteiger partial charge < -0.3 is 28.4 Å². The summed E-state index contributed by atoms with van der Waals surface area (Å²) in [5.41, 5.74) is 0.982. The van der Waals surface area contributed by atoms with Crippen LogP contribution < -0.4 is 9.47 Å². The van der Waals surface area contributed by atoms with Crippen molar-refractivity contribution in [1.82, 2.24) is 0 Å². The van der Waals surface area contributed by atoms with Crippen LogP contribution >= 0.6 is 0 Å².